The van der Waals surface area contributed by atoms with Gasteiger partial charge in [0.25, 0.3) is 0 Å². The van der Waals surface area contributed by atoms with Crippen molar-refractivity contribution in [1.82, 2.24) is 0 Å². The van der Waals surface area contributed by atoms with Crippen LogP contribution in [0.4, 0.5) is 0 Å². The van der Waals surface area contributed by atoms with Crippen molar-refractivity contribution in [3.63, 3.8) is 0 Å². The Labute approximate surface area is 155 Å². The minimum Gasteiger partial charge on any atom is -0.478 e. The van der Waals surface area contributed by atoms with Crippen LogP contribution >= 0.6 is 0 Å². The third-order valence-corrected chi connectivity index (χ3v) is 8.68. The molecule has 0 aromatic heterocycles. The molecule has 3 fully saturated rings. The summed E-state index contributed by atoms with van der Waals surface area (Å²) in [5.41, 5.74) is 0.232. The van der Waals surface area contributed by atoms with E-state index in [1.54, 1.807) is 6.08 Å². The highest BCUT2D eigenvalue weighted by Gasteiger charge is 2.63. The zero-order chi connectivity index (χ0) is 18.7. The van der Waals surface area contributed by atoms with E-state index in [0.29, 0.717) is 30.6 Å². The summed E-state index contributed by atoms with van der Waals surface area (Å²) in [7, 11) is 0. The number of allylic oxidation sites excluding steroid dienone is 1. The predicted molar refractivity (Wildman–Crippen MR) is 98.4 cm³/mol. The molecule has 4 aliphatic rings. The molecular weight excluding hydrogens is 328 g/mol. The summed E-state index contributed by atoms with van der Waals surface area (Å²) in [5, 5.41) is 20.3. The van der Waals surface area contributed by atoms with Gasteiger partial charge in [0.15, 0.2) is 5.78 Å². The van der Waals surface area contributed by atoms with Crippen LogP contribution in [0.15, 0.2) is 23.8 Å². The number of carboxylic acids is 1. The number of carbonyl (C=O) groups excluding carboxylic acids is 1. The highest BCUT2D eigenvalue weighted by atomic mass is 16.4. The molecule has 0 aromatic rings. The van der Waals surface area contributed by atoms with Gasteiger partial charge in [-0.1, -0.05) is 19.4 Å². The average Bonchev–Trinajstić information content (AvgIpc) is 2.86. The van der Waals surface area contributed by atoms with E-state index >= 15 is 0 Å². The molecule has 142 valence electrons. The second kappa shape index (κ2) is 5.79. The van der Waals surface area contributed by atoms with Crippen LogP contribution in [0.1, 0.15) is 65.2 Å². The third kappa shape index (κ3) is 2.37. The van der Waals surface area contributed by atoms with Gasteiger partial charge in [-0.3, -0.25) is 4.79 Å². The molecule has 26 heavy (non-hydrogen) atoms. The summed E-state index contributed by atoms with van der Waals surface area (Å²) in [5.74, 6) is 0.869. The Kier molecular flexibility index (Phi) is 4.00. The second-order valence-corrected chi connectivity index (χ2v) is 9.56. The first-order chi connectivity index (χ1) is 12.2. The standard InChI is InChI=1S/C22H30O4/c1-20-9-5-15(23)13-14(20)3-4-16-17(20)6-10-21(2)18(16)7-11-22(21,26)12-8-19(24)25/h8,12-13,16-18,26H,3-7,9-11H2,1-2H3,(H,24,25)/t16-,17+,18+,20+,21+,22-/m1/s1. The Balaban J connectivity index is 1.65. The molecule has 3 saturated carbocycles. The summed E-state index contributed by atoms with van der Waals surface area (Å²) in [6.45, 7) is 4.53. The van der Waals surface area contributed by atoms with E-state index in [0.717, 1.165) is 44.6 Å². The van der Waals surface area contributed by atoms with Crippen LogP contribution < -0.4 is 0 Å². The van der Waals surface area contributed by atoms with Crippen molar-refractivity contribution in [2.24, 2.45) is 28.6 Å². The Morgan fingerprint density at radius 3 is 2.58 bits per heavy atom. The van der Waals surface area contributed by atoms with E-state index in [1.165, 1.54) is 5.57 Å². The first-order valence-corrected chi connectivity index (χ1v) is 10.1. The van der Waals surface area contributed by atoms with Gasteiger partial charge >= 0.3 is 5.97 Å². The third-order valence-electron chi connectivity index (χ3n) is 8.68. The minimum atomic E-state index is -1.01. The molecule has 6 atom stereocenters. The smallest absolute Gasteiger partial charge is 0.328 e. The van der Waals surface area contributed by atoms with Gasteiger partial charge < -0.3 is 10.2 Å². The molecule has 0 saturated heterocycles. The first kappa shape index (κ1) is 18.0. The van der Waals surface area contributed by atoms with Crippen molar-refractivity contribution in [1.29, 1.82) is 0 Å². The van der Waals surface area contributed by atoms with Crippen molar-refractivity contribution < 1.29 is 19.8 Å². The van der Waals surface area contributed by atoms with Gasteiger partial charge in [-0.05, 0) is 80.3 Å². The minimum absolute atomic E-state index is 0.135. The molecule has 2 N–H and O–H groups in total. The van der Waals surface area contributed by atoms with E-state index in [2.05, 4.69) is 13.8 Å². The summed E-state index contributed by atoms with van der Waals surface area (Å²) in [6, 6.07) is 0. The average molecular weight is 358 g/mol. The van der Waals surface area contributed by atoms with E-state index in [1.807, 2.05) is 6.08 Å². The van der Waals surface area contributed by atoms with Gasteiger partial charge in [-0.2, -0.15) is 0 Å². The molecule has 4 nitrogen and oxygen atoms in total. The van der Waals surface area contributed by atoms with Crippen molar-refractivity contribution in [2.75, 3.05) is 0 Å². The van der Waals surface area contributed by atoms with Crippen molar-refractivity contribution in [3.8, 4) is 0 Å². The maximum Gasteiger partial charge on any atom is 0.328 e. The molecule has 0 unspecified atom stereocenters. The summed E-state index contributed by atoms with van der Waals surface area (Å²) >= 11 is 0. The number of hydrogen-bond donors (Lipinski definition) is 2. The van der Waals surface area contributed by atoms with Gasteiger partial charge in [0.05, 0.1) is 5.60 Å². The van der Waals surface area contributed by atoms with Crippen LogP contribution in [0.5, 0.6) is 0 Å². The lowest BCUT2D eigenvalue weighted by atomic mass is 9.46. The Morgan fingerprint density at radius 1 is 1.12 bits per heavy atom. The molecule has 4 heteroatoms. The lowest BCUT2D eigenvalue weighted by Crippen LogP contribution is -2.54. The summed E-state index contributed by atoms with van der Waals surface area (Å²) in [6.07, 6.45) is 11.9. The molecule has 4 rings (SSSR count). The zero-order valence-electron chi connectivity index (χ0n) is 15.8. The molecule has 0 heterocycles. The van der Waals surface area contributed by atoms with Crippen molar-refractivity contribution >= 4 is 11.8 Å². The van der Waals surface area contributed by atoms with Crippen LogP contribution in [-0.4, -0.2) is 27.6 Å². The molecular formula is C22H30O4. The number of aliphatic hydroxyl groups is 1. The topological polar surface area (TPSA) is 74.6 Å². The predicted octanol–water partition coefficient (Wildman–Crippen LogP) is 3.89. The summed E-state index contributed by atoms with van der Waals surface area (Å²) < 4.78 is 0. The number of aliphatic carboxylic acids is 1. The number of ketones is 1. The maximum atomic E-state index is 11.9. The molecule has 0 radical (unpaired) electrons. The zero-order valence-corrected chi connectivity index (χ0v) is 15.8. The van der Waals surface area contributed by atoms with Crippen LogP contribution in [-0.2, 0) is 9.59 Å². The van der Waals surface area contributed by atoms with Crippen LogP contribution in [0.2, 0.25) is 0 Å². The van der Waals surface area contributed by atoms with Crippen LogP contribution in [0.3, 0.4) is 0 Å². The lowest BCUT2D eigenvalue weighted by Gasteiger charge is -2.58. The van der Waals surface area contributed by atoms with Gasteiger partial charge in [0.2, 0.25) is 0 Å². The second-order valence-electron chi connectivity index (χ2n) is 9.56. The number of hydrogen-bond acceptors (Lipinski definition) is 3. The number of fused-ring (bicyclic) bond motifs is 5. The highest BCUT2D eigenvalue weighted by Crippen LogP contribution is 2.67. The molecule has 0 amide bonds. The Bertz CT molecular complexity index is 707. The monoisotopic (exact) mass is 358 g/mol. The van der Waals surface area contributed by atoms with Crippen molar-refractivity contribution in [2.45, 2.75) is 70.8 Å². The molecule has 0 aliphatic heterocycles. The molecule has 0 spiro atoms. The normalized spacial score (nSPS) is 47.9. The van der Waals surface area contributed by atoms with Gasteiger partial charge in [0.1, 0.15) is 0 Å². The Hall–Kier alpha value is -1.42. The summed E-state index contributed by atoms with van der Waals surface area (Å²) in [4.78, 5) is 22.9. The molecule has 4 aliphatic carbocycles. The number of rotatable bonds is 2. The van der Waals surface area contributed by atoms with E-state index in [4.69, 9.17) is 5.11 Å². The van der Waals surface area contributed by atoms with Gasteiger partial charge in [-0.15, -0.1) is 0 Å². The van der Waals surface area contributed by atoms with Crippen LogP contribution in [0.25, 0.3) is 0 Å². The van der Waals surface area contributed by atoms with Crippen molar-refractivity contribution in [3.05, 3.63) is 23.8 Å². The molecule has 0 aromatic carbocycles. The van der Waals surface area contributed by atoms with E-state index < -0.39 is 11.6 Å². The largest absolute Gasteiger partial charge is 0.478 e. The van der Waals surface area contributed by atoms with Gasteiger partial charge in [-0.25, -0.2) is 4.79 Å². The van der Waals surface area contributed by atoms with E-state index in [9.17, 15) is 14.7 Å². The van der Waals surface area contributed by atoms with Gasteiger partial charge in [0, 0.05) is 17.9 Å². The maximum absolute atomic E-state index is 11.9. The fourth-order valence-electron chi connectivity index (χ4n) is 7.09. The van der Waals surface area contributed by atoms with E-state index in [-0.39, 0.29) is 16.6 Å². The van der Waals surface area contributed by atoms with Crippen LogP contribution in [0, 0.1) is 28.6 Å². The quantitative estimate of drug-likeness (QED) is 0.735. The number of carboxylic acid groups (broad SMARTS) is 1. The fraction of sp³-hybridized carbons (Fsp3) is 0.727. The number of carbonyl (C=O) groups is 2. The highest BCUT2D eigenvalue weighted by molar-refractivity contribution is 5.91. The lowest BCUT2D eigenvalue weighted by molar-refractivity contribution is -0.132. The Morgan fingerprint density at radius 2 is 1.85 bits per heavy atom. The fourth-order valence-corrected chi connectivity index (χ4v) is 7.09. The first-order valence-electron chi connectivity index (χ1n) is 10.1. The molecule has 0 bridgehead atoms. The SMILES string of the molecule is C[C@]12CCC(=O)C=C1CC[C@@H]1[C@@H]2CC[C@@]2(C)[C@H]1CC[C@@]2(O)C=CC(=O)O.